The molecule has 2 aromatic rings. The third-order valence-corrected chi connectivity index (χ3v) is 4.14. The van der Waals surface area contributed by atoms with Crippen molar-refractivity contribution in [2.24, 2.45) is 0 Å². The lowest BCUT2D eigenvalue weighted by atomic mass is 10.1. The Balaban J connectivity index is 1.51. The molecule has 0 saturated carbocycles. The third kappa shape index (κ3) is 3.95. The van der Waals surface area contributed by atoms with Crippen LogP contribution in [0.2, 0.25) is 0 Å². The van der Waals surface area contributed by atoms with E-state index in [0.717, 1.165) is 16.7 Å². The molecule has 0 saturated heterocycles. The number of pyridine rings is 1. The fraction of sp³-hybridized carbons (Fsp3) is 0.222. The molecule has 4 amide bonds. The highest BCUT2D eigenvalue weighted by atomic mass is 16.6. The molecule has 1 aliphatic rings. The van der Waals surface area contributed by atoms with Gasteiger partial charge in [0, 0.05) is 30.9 Å². The van der Waals surface area contributed by atoms with Crippen LogP contribution in [0.25, 0.3) is 0 Å². The van der Waals surface area contributed by atoms with E-state index in [0.29, 0.717) is 12.2 Å². The summed E-state index contributed by atoms with van der Waals surface area (Å²) in [5.74, 6) is -0.653. The van der Waals surface area contributed by atoms with Crippen LogP contribution in [0.5, 0.6) is 0 Å². The normalized spacial score (nSPS) is 12.7. The Kier molecular flexibility index (Phi) is 5.30. The minimum absolute atomic E-state index is 0.0235. The molecule has 2 heterocycles. The highest BCUT2D eigenvalue weighted by molar-refractivity contribution is 6.21. The molecule has 0 bridgehead atoms. The molecule has 28 heavy (non-hydrogen) atoms. The molecule has 0 fully saturated rings. The van der Waals surface area contributed by atoms with Crippen molar-refractivity contribution in [3.63, 3.8) is 0 Å². The number of nitro benzene ring substituents is 1. The minimum atomic E-state index is -0.619. The predicted molar refractivity (Wildman–Crippen MR) is 99.1 cm³/mol. The topological polar surface area (TPSA) is 135 Å². The highest BCUT2D eigenvalue weighted by Crippen LogP contribution is 2.26. The monoisotopic (exact) mass is 383 g/mol. The van der Waals surface area contributed by atoms with Gasteiger partial charge in [0.25, 0.3) is 17.5 Å². The van der Waals surface area contributed by atoms with E-state index in [-0.39, 0.29) is 29.9 Å². The van der Waals surface area contributed by atoms with Crippen molar-refractivity contribution >= 4 is 29.4 Å². The van der Waals surface area contributed by atoms with Gasteiger partial charge in [-0.1, -0.05) is 6.07 Å². The summed E-state index contributed by atoms with van der Waals surface area (Å²) < 4.78 is 0. The van der Waals surface area contributed by atoms with Crippen LogP contribution < -0.4 is 10.6 Å². The van der Waals surface area contributed by atoms with E-state index in [4.69, 9.17) is 0 Å². The molecular weight excluding hydrogens is 366 g/mol. The van der Waals surface area contributed by atoms with E-state index in [9.17, 15) is 24.5 Å². The average molecular weight is 383 g/mol. The van der Waals surface area contributed by atoms with E-state index >= 15 is 0 Å². The Morgan fingerprint density at radius 1 is 1.18 bits per heavy atom. The second-order valence-electron chi connectivity index (χ2n) is 6.15. The number of fused-ring (bicyclic) bond motifs is 1. The van der Waals surface area contributed by atoms with E-state index in [2.05, 4.69) is 15.6 Å². The molecule has 144 valence electrons. The van der Waals surface area contributed by atoms with Gasteiger partial charge in [0.1, 0.15) is 5.82 Å². The Morgan fingerprint density at radius 2 is 1.93 bits per heavy atom. The van der Waals surface area contributed by atoms with Crippen molar-refractivity contribution in [1.29, 1.82) is 0 Å². The van der Waals surface area contributed by atoms with Gasteiger partial charge >= 0.3 is 6.03 Å². The number of amides is 4. The molecule has 3 rings (SSSR count). The maximum Gasteiger partial charge on any atom is 0.320 e. The van der Waals surface area contributed by atoms with Gasteiger partial charge in [0.15, 0.2) is 0 Å². The number of imide groups is 1. The van der Waals surface area contributed by atoms with E-state index in [1.807, 2.05) is 0 Å². The van der Waals surface area contributed by atoms with Crippen LogP contribution >= 0.6 is 0 Å². The van der Waals surface area contributed by atoms with E-state index in [1.54, 1.807) is 25.1 Å². The predicted octanol–water partition coefficient (Wildman–Crippen LogP) is 2.11. The molecule has 0 atom stereocenters. The molecule has 1 aliphatic heterocycles. The molecule has 2 N–H and O–H groups in total. The van der Waals surface area contributed by atoms with Crippen molar-refractivity contribution in [2.45, 2.75) is 13.3 Å². The number of hydrogen-bond acceptors (Lipinski definition) is 6. The SMILES string of the molecule is Cc1cccc(NC(=O)NCCCN2C(=O)c3ccc([N+](=O)[O-])cc3C2=O)n1. The third-order valence-electron chi connectivity index (χ3n) is 4.14. The first-order chi connectivity index (χ1) is 13.4. The van der Waals surface area contributed by atoms with E-state index in [1.165, 1.54) is 12.1 Å². The quantitative estimate of drug-likeness (QED) is 0.339. The summed E-state index contributed by atoms with van der Waals surface area (Å²) in [7, 11) is 0. The number of benzene rings is 1. The summed E-state index contributed by atoms with van der Waals surface area (Å²) in [6.07, 6.45) is 0.336. The van der Waals surface area contributed by atoms with Crippen LogP contribution in [0, 0.1) is 17.0 Å². The number of non-ortho nitro benzene ring substituents is 1. The number of anilines is 1. The molecule has 1 aromatic heterocycles. The number of nitro groups is 1. The van der Waals surface area contributed by atoms with E-state index < -0.39 is 22.8 Å². The smallest absolute Gasteiger partial charge is 0.320 e. The summed E-state index contributed by atoms with van der Waals surface area (Å²) in [4.78, 5) is 51.9. The first kappa shape index (κ1) is 19.0. The second kappa shape index (κ2) is 7.82. The Labute approximate surface area is 159 Å². The average Bonchev–Trinajstić information content (AvgIpc) is 2.89. The number of urea groups is 1. The van der Waals surface area contributed by atoms with Gasteiger partial charge < -0.3 is 5.32 Å². The number of carbonyl (C=O) groups excluding carboxylic acids is 3. The molecular formula is C18H17N5O5. The zero-order chi connectivity index (χ0) is 20.3. The van der Waals surface area contributed by atoms with Gasteiger partial charge in [-0.3, -0.25) is 29.9 Å². The first-order valence-corrected chi connectivity index (χ1v) is 8.50. The van der Waals surface area contributed by atoms with Crippen LogP contribution in [0.15, 0.2) is 36.4 Å². The Bertz CT molecular complexity index is 975. The number of rotatable bonds is 6. The maximum absolute atomic E-state index is 12.4. The molecule has 0 radical (unpaired) electrons. The maximum atomic E-state index is 12.4. The Morgan fingerprint density at radius 3 is 2.64 bits per heavy atom. The van der Waals surface area contributed by atoms with Crippen molar-refractivity contribution in [1.82, 2.24) is 15.2 Å². The van der Waals surface area contributed by atoms with Gasteiger partial charge in [0.2, 0.25) is 0 Å². The van der Waals surface area contributed by atoms with Crippen LogP contribution in [0.3, 0.4) is 0 Å². The van der Waals surface area contributed by atoms with Crippen LogP contribution in [-0.4, -0.2) is 45.7 Å². The van der Waals surface area contributed by atoms with Crippen LogP contribution in [0.4, 0.5) is 16.3 Å². The Hall–Kier alpha value is -3.82. The van der Waals surface area contributed by atoms with Gasteiger partial charge in [-0.05, 0) is 31.5 Å². The number of carbonyl (C=O) groups is 3. The second-order valence-corrected chi connectivity index (χ2v) is 6.15. The standard InChI is InChI=1S/C18H17N5O5/c1-11-4-2-5-15(20-11)21-18(26)19-8-3-9-22-16(24)13-7-6-12(23(27)28)10-14(13)17(22)25/h2,4-7,10H,3,8-9H2,1H3,(H2,19,20,21,26). The number of hydrogen-bond donors (Lipinski definition) is 2. The number of nitrogens with one attached hydrogen (secondary N) is 2. The number of nitrogens with zero attached hydrogens (tertiary/aromatic N) is 3. The highest BCUT2D eigenvalue weighted by Gasteiger charge is 2.36. The van der Waals surface area contributed by atoms with Gasteiger partial charge in [-0.15, -0.1) is 0 Å². The zero-order valence-corrected chi connectivity index (χ0v) is 15.0. The fourth-order valence-electron chi connectivity index (χ4n) is 2.81. The van der Waals surface area contributed by atoms with Gasteiger partial charge in [0.05, 0.1) is 16.1 Å². The van der Waals surface area contributed by atoms with Crippen molar-refractivity contribution in [3.8, 4) is 0 Å². The first-order valence-electron chi connectivity index (χ1n) is 8.50. The van der Waals surface area contributed by atoms with Crippen LogP contribution in [-0.2, 0) is 0 Å². The molecule has 10 heteroatoms. The largest absolute Gasteiger partial charge is 0.338 e. The lowest BCUT2D eigenvalue weighted by molar-refractivity contribution is -0.384. The lowest BCUT2D eigenvalue weighted by Gasteiger charge is -2.14. The molecule has 0 aliphatic carbocycles. The van der Waals surface area contributed by atoms with Gasteiger partial charge in [-0.2, -0.15) is 0 Å². The number of aryl methyl sites for hydroxylation is 1. The molecule has 10 nitrogen and oxygen atoms in total. The van der Waals surface area contributed by atoms with Crippen molar-refractivity contribution < 1.29 is 19.3 Å². The van der Waals surface area contributed by atoms with Crippen LogP contribution in [0.1, 0.15) is 32.8 Å². The summed E-state index contributed by atoms with van der Waals surface area (Å²) in [6, 6.07) is 8.37. The summed E-state index contributed by atoms with van der Waals surface area (Å²) in [5, 5.41) is 16.0. The fourth-order valence-corrected chi connectivity index (χ4v) is 2.81. The minimum Gasteiger partial charge on any atom is -0.338 e. The summed E-state index contributed by atoms with van der Waals surface area (Å²) in [6.45, 7) is 2.12. The van der Waals surface area contributed by atoms with Crippen molar-refractivity contribution in [3.05, 3.63) is 63.3 Å². The van der Waals surface area contributed by atoms with Crippen molar-refractivity contribution in [2.75, 3.05) is 18.4 Å². The molecule has 0 spiro atoms. The zero-order valence-electron chi connectivity index (χ0n) is 15.0. The number of aromatic nitrogens is 1. The summed E-state index contributed by atoms with van der Waals surface area (Å²) in [5.41, 5.74) is 0.691. The summed E-state index contributed by atoms with van der Waals surface area (Å²) >= 11 is 0. The lowest BCUT2D eigenvalue weighted by Crippen LogP contribution is -2.35. The molecule has 0 unspecified atom stereocenters. The van der Waals surface area contributed by atoms with Gasteiger partial charge in [-0.25, -0.2) is 9.78 Å². The molecule has 1 aromatic carbocycles.